The van der Waals surface area contributed by atoms with E-state index in [0.29, 0.717) is 11.3 Å². The lowest BCUT2D eigenvalue weighted by molar-refractivity contribution is 0.763. The van der Waals surface area contributed by atoms with Gasteiger partial charge in [-0.25, -0.2) is 4.98 Å². The van der Waals surface area contributed by atoms with Gasteiger partial charge in [0.25, 0.3) is 5.56 Å². The fraction of sp³-hybridized carbons (Fsp3) is 0.0500. The van der Waals surface area contributed by atoms with Gasteiger partial charge in [-0.2, -0.15) is 4.52 Å². The summed E-state index contributed by atoms with van der Waals surface area (Å²) in [7, 11) is 0. The number of fused-ring (bicyclic) bond motifs is 1. The van der Waals surface area contributed by atoms with Crippen LogP contribution in [0.2, 0.25) is 0 Å². The quantitative estimate of drug-likeness (QED) is 0.579. The molecule has 3 aromatic heterocycles. The molecule has 4 aromatic rings. The van der Waals surface area contributed by atoms with E-state index in [-0.39, 0.29) is 5.56 Å². The third kappa shape index (κ3) is 2.87. The number of benzene rings is 1. The highest BCUT2D eigenvalue weighted by Gasteiger charge is 2.10. The second kappa shape index (κ2) is 6.20. The maximum absolute atomic E-state index is 12.7. The smallest absolute Gasteiger partial charge is 0.267 e. The van der Waals surface area contributed by atoms with Crippen molar-refractivity contribution in [3.05, 3.63) is 94.3 Å². The van der Waals surface area contributed by atoms with Gasteiger partial charge in [0.2, 0.25) is 0 Å². The molecular formula is C20H16N4O. The largest absolute Gasteiger partial charge is 0.273 e. The number of aromatic nitrogens is 4. The zero-order chi connectivity index (χ0) is 17.2. The molecule has 1 aromatic carbocycles. The van der Waals surface area contributed by atoms with Crippen LogP contribution in [0.25, 0.3) is 23.5 Å². The molecule has 122 valence electrons. The molecule has 0 N–H and O–H groups in total. The van der Waals surface area contributed by atoms with Gasteiger partial charge in [0.1, 0.15) is 0 Å². The molecule has 0 saturated heterocycles. The van der Waals surface area contributed by atoms with Crippen molar-refractivity contribution in [2.75, 3.05) is 0 Å². The van der Waals surface area contributed by atoms with E-state index in [9.17, 15) is 4.79 Å². The number of nitrogens with zero attached hydrogens (tertiary/aromatic N) is 4. The second-order valence-electron chi connectivity index (χ2n) is 5.77. The van der Waals surface area contributed by atoms with Crippen LogP contribution in [-0.2, 0) is 0 Å². The van der Waals surface area contributed by atoms with Crippen molar-refractivity contribution < 1.29 is 0 Å². The average molecular weight is 328 g/mol. The molecule has 0 aliphatic heterocycles. The minimum Gasteiger partial charge on any atom is -0.267 e. The summed E-state index contributed by atoms with van der Waals surface area (Å²) in [6, 6.07) is 15.1. The molecule has 4 rings (SSSR count). The van der Waals surface area contributed by atoms with Crippen LogP contribution < -0.4 is 5.56 Å². The number of para-hydroxylation sites is 1. The molecule has 0 spiro atoms. The van der Waals surface area contributed by atoms with Gasteiger partial charge < -0.3 is 0 Å². The van der Waals surface area contributed by atoms with E-state index < -0.39 is 0 Å². The van der Waals surface area contributed by atoms with Crippen molar-refractivity contribution in [3.8, 4) is 5.69 Å². The van der Waals surface area contributed by atoms with Gasteiger partial charge in [-0.3, -0.25) is 14.5 Å². The fourth-order valence-electron chi connectivity index (χ4n) is 2.77. The second-order valence-corrected chi connectivity index (χ2v) is 5.77. The first-order valence-electron chi connectivity index (χ1n) is 7.98. The molecule has 0 bridgehead atoms. The summed E-state index contributed by atoms with van der Waals surface area (Å²) in [5.74, 6) is 0. The van der Waals surface area contributed by atoms with Crippen LogP contribution in [0.3, 0.4) is 0 Å². The minimum atomic E-state index is -0.118. The van der Waals surface area contributed by atoms with Crippen molar-refractivity contribution in [1.82, 2.24) is 19.2 Å². The lowest BCUT2D eigenvalue weighted by Crippen LogP contribution is -2.20. The van der Waals surface area contributed by atoms with Crippen molar-refractivity contribution >= 4 is 17.8 Å². The van der Waals surface area contributed by atoms with E-state index in [1.807, 2.05) is 72.4 Å². The van der Waals surface area contributed by atoms with Gasteiger partial charge in [0.15, 0.2) is 5.65 Å². The molecule has 0 atom stereocenters. The Labute approximate surface area is 144 Å². The predicted molar refractivity (Wildman–Crippen MR) is 98.7 cm³/mol. The van der Waals surface area contributed by atoms with Crippen LogP contribution >= 0.6 is 0 Å². The Balaban J connectivity index is 1.83. The SMILES string of the molecule is Cc1cn(-c2ccccc2)n2c(=O)cc(C=Cc3cccnc3)nc12. The van der Waals surface area contributed by atoms with Crippen LogP contribution in [0.5, 0.6) is 0 Å². The summed E-state index contributed by atoms with van der Waals surface area (Å²) >= 11 is 0. The maximum Gasteiger partial charge on any atom is 0.273 e. The van der Waals surface area contributed by atoms with E-state index in [1.54, 1.807) is 23.0 Å². The molecule has 0 fully saturated rings. The van der Waals surface area contributed by atoms with Crippen LogP contribution in [0.1, 0.15) is 16.8 Å². The lowest BCUT2D eigenvalue weighted by atomic mass is 10.2. The van der Waals surface area contributed by atoms with Gasteiger partial charge >= 0.3 is 0 Å². The van der Waals surface area contributed by atoms with Gasteiger partial charge in [-0.15, -0.1) is 0 Å². The molecule has 0 saturated carbocycles. The highest BCUT2D eigenvalue weighted by molar-refractivity contribution is 5.68. The van der Waals surface area contributed by atoms with Crippen molar-refractivity contribution in [2.24, 2.45) is 0 Å². The number of aryl methyl sites for hydroxylation is 1. The van der Waals surface area contributed by atoms with E-state index in [2.05, 4.69) is 9.97 Å². The van der Waals surface area contributed by atoms with Crippen LogP contribution in [0.4, 0.5) is 0 Å². The predicted octanol–water partition coefficient (Wildman–Crippen LogP) is 3.36. The molecular weight excluding hydrogens is 312 g/mol. The number of rotatable bonds is 3. The zero-order valence-corrected chi connectivity index (χ0v) is 13.7. The molecule has 5 heteroatoms. The number of pyridine rings is 1. The van der Waals surface area contributed by atoms with Gasteiger partial charge in [0, 0.05) is 30.2 Å². The van der Waals surface area contributed by atoms with Crippen LogP contribution in [0, 0.1) is 6.92 Å². The van der Waals surface area contributed by atoms with Crippen molar-refractivity contribution in [3.63, 3.8) is 0 Å². The van der Waals surface area contributed by atoms with E-state index in [1.165, 1.54) is 0 Å². The Kier molecular flexibility index (Phi) is 3.74. The average Bonchev–Trinajstić information content (AvgIpc) is 2.99. The van der Waals surface area contributed by atoms with Crippen molar-refractivity contribution in [1.29, 1.82) is 0 Å². The lowest BCUT2D eigenvalue weighted by Gasteiger charge is -2.06. The van der Waals surface area contributed by atoms with E-state index in [0.717, 1.165) is 16.8 Å². The first-order valence-corrected chi connectivity index (χ1v) is 7.98. The van der Waals surface area contributed by atoms with E-state index in [4.69, 9.17) is 0 Å². The van der Waals surface area contributed by atoms with Crippen LogP contribution in [0.15, 0.2) is 71.9 Å². The molecule has 0 aliphatic carbocycles. The minimum absolute atomic E-state index is 0.118. The summed E-state index contributed by atoms with van der Waals surface area (Å²) in [6.45, 7) is 1.95. The molecule has 0 amide bonds. The normalized spacial score (nSPS) is 11.4. The Morgan fingerprint density at radius 3 is 2.64 bits per heavy atom. The third-order valence-electron chi connectivity index (χ3n) is 3.95. The molecule has 0 aliphatic rings. The van der Waals surface area contributed by atoms with Gasteiger partial charge in [-0.1, -0.05) is 30.3 Å². The Hall–Kier alpha value is -3.47. The maximum atomic E-state index is 12.7. The first-order chi connectivity index (χ1) is 12.2. The zero-order valence-electron chi connectivity index (χ0n) is 13.7. The van der Waals surface area contributed by atoms with Gasteiger partial charge in [-0.05, 0) is 36.8 Å². The summed E-state index contributed by atoms with van der Waals surface area (Å²) in [5, 5.41) is 0. The van der Waals surface area contributed by atoms with Crippen molar-refractivity contribution in [2.45, 2.75) is 6.92 Å². The summed E-state index contributed by atoms with van der Waals surface area (Å²) in [6.07, 6.45) is 9.14. The topological polar surface area (TPSA) is 52.2 Å². The number of hydrogen-bond acceptors (Lipinski definition) is 3. The highest BCUT2D eigenvalue weighted by atomic mass is 16.1. The number of hydrogen-bond donors (Lipinski definition) is 0. The summed E-state index contributed by atoms with van der Waals surface area (Å²) in [5.41, 5.74) is 3.99. The summed E-state index contributed by atoms with van der Waals surface area (Å²) < 4.78 is 3.42. The highest BCUT2D eigenvalue weighted by Crippen LogP contribution is 2.14. The monoisotopic (exact) mass is 328 g/mol. The van der Waals surface area contributed by atoms with E-state index >= 15 is 0 Å². The summed E-state index contributed by atoms with van der Waals surface area (Å²) in [4.78, 5) is 21.4. The molecule has 3 heterocycles. The molecule has 5 nitrogen and oxygen atoms in total. The fourth-order valence-corrected chi connectivity index (χ4v) is 2.77. The first kappa shape index (κ1) is 15.1. The standard InChI is InChI=1S/C20H16N4O/c1-15-14-23(18-7-3-2-4-8-18)24-19(25)12-17(22-20(15)24)10-9-16-6-5-11-21-13-16/h2-14H,1H3. The Morgan fingerprint density at radius 1 is 1.04 bits per heavy atom. The Bertz CT molecular complexity index is 1110. The molecule has 0 unspecified atom stereocenters. The molecule has 25 heavy (non-hydrogen) atoms. The Morgan fingerprint density at radius 2 is 1.88 bits per heavy atom. The third-order valence-corrected chi connectivity index (χ3v) is 3.95. The van der Waals surface area contributed by atoms with Crippen LogP contribution in [-0.4, -0.2) is 19.2 Å². The van der Waals surface area contributed by atoms with Gasteiger partial charge in [0.05, 0.1) is 11.4 Å². The molecule has 0 radical (unpaired) electrons.